The maximum absolute atomic E-state index is 12.8. The van der Waals surface area contributed by atoms with Gasteiger partial charge in [-0.1, -0.05) is 25.5 Å². The van der Waals surface area contributed by atoms with Crippen molar-refractivity contribution in [1.82, 2.24) is 9.88 Å². The fourth-order valence-electron chi connectivity index (χ4n) is 4.11. The zero-order chi connectivity index (χ0) is 21.2. The van der Waals surface area contributed by atoms with Gasteiger partial charge < -0.3 is 15.0 Å². The molecule has 4 aliphatic rings. The number of esters is 1. The van der Waals surface area contributed by atoms with Crippen LogP contribution in [0.3, 0.4) is 0 Å². The lowest BCUT2D eigenvalue weighted by molar-refractivity contribution is 0.0500. The molecule has 0 saturated heterocycles. The molecule has 5 rings (SSSR count). The number of nitrogens with one attached hydrogen (secondary N) is 1. The molecule has 3 aliphatic carbocycles. The van der Waals surface area contributed by atoms with E-state index in [4.69, 9.17) is 4.74 Å². The number of hydrogen-bond acceptors (Lipinski definition) is 5. The van der Waals surface area contributed by atoms with Gasteiger partial charge in [0, 0.05) is 36.3 Å². The Bertz CT molecular complexity index is 967. The topological polar surface area (TPSA) is 54.5 Å². The molecular weight excluding hydrogens is 386 g/mol. The SMILES string of the molecule is CCCCOC(=O)c1cc(C2CC2)cnc1NC1=CC=C2C(C=C1)C=CN2CC1CC1. The summed E-state index contributed by atoms with van der Waals surface area (Å²) in [6.07, 6.45) is 21.8. The van der Waals surface area contributed by atoms with Gasteiger partial charge in [-0.15, -0.1) is 0 Å². The van der Waals surface area contributed by atoms with E-state index in [1.807, 2.05) is 12.3 Å². The van der Waals surface area contributed by atoms with Gasteiger partial charge in [0.25, 0.3) is 0 Å². The molecule has 5 heteroatoms. The van der Waals surface area contributed by atoms with Crippen LogP contribution in [0.5, 0.6) is 0 Å². The standard InChI is InChI=1S/C26H31N3O2/c1-2-3-14-31-26(30)23-15-21(19-6-7-19)16-27-25(23)28-22-9-8-20-12-13-29(17-18-4-5-18)24(20)11-10-22/h8-13,15-16,18-20H,2-7,14,17H2,1H3,(H,27,28). The summed E-state index contributed by atoms with van der Waals surface area (Å²) in [4.78, 5) is 19.8. The van der Waals surface area contributed by atoms with Gasteiger partial charge >= 0.3 is 5.97 Å². The molecular formula is C26H31N3O2. The predicted molar refractivity (Wildman–Crippen MR) is 122 cm³/mol. The summed E-state index contributed by atoms with van der Waals surface area (Å²) in [5, 5.41) is 3.38. The average Bonchev–Trinajstić information content (AvgIpc) is 3.68. The number of hydrogen-bond donors (Lipinski definition) is 1. The summed E-state index contributed by atoms with van der Waals surface area (Å²) < 4.78 is 5.51. The molecule has 5 nitrogen and oxygen atoms in total. The van der Waals surface area contributed by atoms with E-state index in [0.29, 0.717) is 29.8 Å². The van der Waals surface area contributed by atoms with Gasteiger partial charge in [-0.05, 0) is 73.8 Å². The fourth-order valence-corrected chi connectivity index (χ4v) is 4.11. The minimum Gasteiger partial charge on any atom is -0.462 e. The van der Waals surface area contributed by atoms with Crippen LogP contribution in [0.4, 0.5) is 5.82 Å². The number of fused-ring (bicyclic) bond motifs is 1. The Hall–Kier alpha value is -2.82. The highest BCUT2D eigenvalue weighted by molar-refractivity contribution is 5.95. The number of pyridine rings is 1. The van der Waals surface area contributed by atoms with E-state index in [1.54, 1.807) is 0 Å². The molecule has 0 bridgehead atoms. The van der Waals surface area contributed by atoms with Gasteiger partial charge in [0.1, 0.15) is 11.4 Å². The molecule has 1 N–H and O–H groups in total. The number of allylic oxidation sites excluding steroid dienone is 4. The van der Waals surface area contributed by atoms with Crippen molar-refractivity contribution in [2.45, 2.75) is 51.4 Å². The van der Waals surface area contributed by atoms with E-state index < -0.39 is 0 Å². The lowest BCUT2D eigenvalue weighted by atomic mass is 10.1. The van der Waals surface area contributed by atoms with Crippen molar-refractivity contribution in [2.75, 3.05) is 18.5 Å². The largest absolute Gasteiger partial charge is 0.462 e. The molecule has 1 aliphatic heterocycles. The number of carbonyl (C=O) groups excluding carboxylic acids is 1. The number of anilines is 1. The van der Waals surface area contributed by atoms with E-state index in [0.717, 1.165) is 36.6 Å². The van der Waals surface area contributed by atoms with Gasteiger partial charge in [0.2, 0.25) is 0 Å². The van der Waals surface area contributed by atoms with Crippen molar-refractivity contribution >= 4 is 11.8 Å². The number of nitrogens with zero attached hydrogens (tertiary/aromatic N) is 2. The number of ether oxygens (including phenoxy) is 1. The highest BCUT2D eigenvalue weighted by atomic mass is 16.5. The van der Waals surface area contributed by atoms with Gasteiger partial charge in [0.15, 0.2) is 0 Å². The van der Waals surface area contributed by atoms with Gasteiger partial charge in [0.05, 0.1) is 6.61 Å². The van der Waals surface area contributed by atoms with Gasteiger partial charge in [-0.3, -0.25) is 0 Å². The number of carbonyl (C=O) groups is 1. The molecule has 2 heterocycles. The molecule has 0 amide bonds. The molecule has 1 aromatic rings. The summed E-state index contributed by atoms with van der Waals surface area (Å²) in [5.41, 5.74) is 3.91. The Labute approximate surface area is 184 Å². The van der Waals surface area contributed by atoms with Crippen molar-refractivity contribution in [2.24, 2.45) is 11.8 Å². The number of unbranched alkanes of at least 4 members (excludes halogenated alkanes) is 1. The summed E-state index contributed by atoms with van der Waals surface area (Å²) >= 11 is 0. The summed E-state index contributed by atoms with van der Waals surface area (Å²) in [6.45, 7) is 3.65. The Kier molecular flexibility index (Phi) is 5.66. The first-order valence-corrected chi connectivity index (χ1v) is 11.7. The average molecular weight is 418 g/mol. The van der Waals surface area contributed by atoms with Crippen LogP contribution in [0.1, 0.15) is 67.3 Å². The van der Waals surface area contributed by atoms with Crippen molar-refractivity contribution < 1.29 is 9.53 Å². The fraction of sp³-hybridized carbons (Fsp3) is 0.462. The van der Waals surface area contributed by atoms with E-state index in [-0.39, 0.29) is 5.97 Å². The van der Waals surface area contributed by atoms with E-state index >= 15 is 0 Å². The predicted octanol–water partition coefficient (Wildman–Crippen LogP) is 5.52. The number of aromatic nitrogens is 1. The van der Waals surface area contributed by atoms with Crippen LogP contribution >= 0.6 is 0 Å². The molecule has 162 valence electrons. The lowest BCUT2D eigenvalue weighted by Crippen LogP contribution is -2.18. The Morgan fingerprint density at radius 1 is 1.23 bits per heavy atom. The van der Waals surface area contributed by atoms with Crippen LogP contribution < -0.4 is 5.32 Å². The van der Waals surface area contributed by atoms with Gasteiger partial charge in [-0.2, -0.15) is 0 Å². The third-order valence-electron chi connectivity index (χ3n) is 6.39. The minimum absolute atomic E-state index is 0.294. The first-order valence-electron chi connectivity index (χ1n) is 11.7. The van der Waals surface area contributed by atoms with Crippen LogP contribution in [0.25, 0.3) is 0 Å². The summed E-state index contributed by atoms with van der Waals surface area (Å²) in [7, 11) is 0. The first-order chi connectivity index (χ1) is 15.2. The molecule has 0 spiro atoms. The van der Waals surface area contributed by atoms with Crippen molar-refractivity contribution in [3.05, 3.63) is 71.4 Å². The second-order valence-corrected chi connectivity index (χ2v) is 9.09. The molecule has 31 heavy (non-hydrogen) atoms. The van der Waals surface area contributed by atoms with Crippen LogP contribution in [0.15, 0.2) is 60.2 Å². The van der Waals surface area contributed by atoms with Crippen LogP contribution in [0, 0.1) is 11.8 Å². The van der Waals surface area contributed by atoms with Crippen molar-refractivity contribution in [1.29, 1.82) is 0 Å². The number of rotatable bonds is 9. The summed E-state index contributed by atoms with van der Waals surface area (Å²) in [5.74, 6) is 1.95. The lowest BCUT2D eigenvalue weighted by Gasteiger charge is -2.20. The van der Waals surface area contributed by atoms with Crippen LogP contribution in [-0.4, -0.2) is 29.0 Å². The maximum Gasteiger partial charge on any atom is 0.341 e. The van der Waals surface area contributed by atoms with Crippen LogP contribution in [-0.2, 0) is 4.74 Å². The van der Waals surface area contributed by atoms with E-state index in [2.05, 4.69) is 58.7 Å². The molecule has 2 fully saturated rings. The second kappa shape index (κ2) is 8.74. The highest BCUT2D eigenvalue weighted by Gasteiger charge is 2.29. The Balaban J connectivity index is 1.35. The van der Waals surface area contributed by atoms with E-state index in [9.17, 15) is 4.79 Å². The third kappa shape index (κ3) is 4.76. The van der Waals surface area contributed by atoms with Crippen molar-refractivity contribution in [3.63, 3.8) is 0 Å². The minimum atomic E-state index is -0.294. The third-order valence-corrected chi connectivity index (χ3v) is 6.39. The molecule has 0 radical (unpaired) electrons. The first kappa shape index (κ1) is 20.1. The molecule has 1 unspecified atom stereocenters. The Morgan fingerprint density at radius 2 is 2.10 bits per heavy atom. The molecule has 2 saturated carbocycles. The second-order valence-electron chi connectivity index (χ2n) is 9.09. The van der Waals surface area contributed by atoms with E-state index in [1.165, 1.54) is 31.4 Å². The zero-order valence-electron chi connectivity index (χ0n) is 18.2. The maximum atomic E-state index is 12.8. The molecule has 1 aromatic heterocycles. The van der Waals surface area contributed by atoms with Gasteiger partial charge in [-0.25, -0.2) is 9.78 Å². The molecule has 0 aromatic carbocycles. The molecule has 1 atom stereocenters. The highest BCUT2D eigenvalue weighted by Crippen LogP contribution is 2.41. The van der Waals surface area contributed by atoms with Crippen molar-refractivity contribution in [3.8, 4) is 0 Å². The summed E-state index contributed by atoms with van der Waals surface area (Å²) in [6, 6.07) is 1.97. The quantitative estimate of drug-likeness (QED) is 0.423. The monoisotopic (exact) mass is 417 g/mol. The smallest absolute Gasteiger partial charge is 0.341 e. The van der Waals surface area contributed by atoms with Crippen LogP contribution in [0.2, 0.25) is 0 Å². The Morgan fingerprint density at radius 3 is 2.87 bits per heavy atom. The zero-order valence-corrected chi connectivity index (χ0v) is 18.2. The normalized spacial score (nSPS) is 22.0.